The lowest BCUT2D eigenvalue weighted by atomic mass is 9.48. The topological polar surface area (TPSA) is 54.0 Å². The van der Waals surface area contributed by atoms with Gasteiger partial charge in [0.05, 0.1) is 11.1 Å². The molecule has 4 bridgehead atoms. The maximum absolute atomic E-state index is 13.1. The zero-order valence-corrected chi connectivity index (χ0v) is 19.8. The molecule has 4 fully saturated rings. The van der Waals surface area contributed by atoms with Gasteiger partial charge in [0, 0.05) is 17.6 Å². The van der Waals surface area contributed by atoms with Crippen LogP contribution in [0.2, 0.25) is 0 Å². The maximum atomic E-state index is 13.1. The van der Waals surface area contributed by atoms with Crippen molar-refractivity contribution in [3.8, 4) is 0 Å². The van der Waals surface area contributed by atoms with E-state index in [2.05, 4.69) is 27.8 Å². The van der Waals surface area contributed by atoms with Gasteiger partial charge in [-0.05, 0) is 110 Å². The number of benzene rings is 2. The Morgan fingerprint density at radius 2 is 1.53 bits per heavy atom. The summed E-state index contributed by atoms with van der Waals surface area (Å²) in [6.07, 6.45) is 5.08. The van der Waals surface area contributed by atoms with Gasteiger partial charge in [0.2, 0.25) is 0 Å². The van der Waals surface area contributed by atoms with Crippen molar-refractivity contribution in [2.24, 2.45) is 17.8 Å². The molecule has 0 radical (unpaired) electrons. The molecule has 4 nitrogen and oxygen atoms in total. The number of pyridine rings is 1. The third-order valence-corrected chi connectivity index (χ3v) is 8.30. The molecule has 1 amide bonds. The van der Waals surface area contributed by atoms with Crippen molar-refractivity contribution in [3.63, 3.8) is 0 Å². The number of hydrogen-bond acceptors (Lipinski definition) is 3. The van der Waals surface area contributed by atoms with Crippen LogP contribution in [0.4, 0.5) is 30.4 Å². The highest BCUT2D eigenvalue weighted by molar-refractivity contribution is 6.07. The molecule has 0 saturated heterocycles. The van der Waals surface area contributed by atoms with Gasteiger partial charge < -0.3 is 10.6 Å². The highest BCUT2D eigenvalue weighted by Gasteiger charge is 2.51. The molecule has 4 saturated carbocycles. The molecule has 4 aliphatic rings. The van der Waals surface area contributed by atoms with E-state index in [1.807, 2.05) is 12.1 Å². The van der Waals surface area contributed by atoms with Gasteiger partial charge in [-0.3, -0.25) is 4.79 Å². The minimum absolute atomic E-state index is 0.194. The van der Waals surface area contributed by atoms with E-state index >= 15 is 0 Å². The molecule has 4 aliphatic carbocycles. The Labute approximate surface area is 208 Å². The number of alkyl halides is 3. The van der Waals surface area contributed by atoms with E-state index in [-0.39, 0.29) is 23.0 Å². The quantitative estimate of drug-likeness (QED) is 0.387. The van der Waals surface area contributed by atoms with Gasteiger partial charge in [-0.15, -0.1) is 0 Å². The molecule has 1 aromatic heterocycles. The Morgan fingerprint density at radius 3 is 2.17 bits per heavy atom. The van der Waals surface area contributed by atoms with Gasteiger partial charge >= 0.3 is 6.18 Å². The van der Waals surface area contributed by atoms with Crippen LogP contribution in [-0.2, 0) is 11.6 Å². The van der Waals surface area contributed by atoms with E-state index in [4.69, 9.17) is 0 Å². The van der Waals surface area contributed by atoms with E-state index in [9.17, 15) is 18.0 Å². The molecule has 1 heterocycles. The number of carbonyl (C=O) groups excluding carboxylic acids is 1. The highest BCUT2D eigenvalue weighted by atomic mass is 19.4. The molecular formula is C29H28F3N3O. The molecule has 0 unspecified atom stereocenters. The smallest absolute Gasteiger partial charge is 0.340 e. The van der Waals surface area contributed by atoms with Gasteiger partial charge in [0.25, 0.3) is 5.91 Å². The number of anilines is 3. The van der Waals surface area contributed by atoms with Crippen LogP contribution in [0.3, 0.4) is 0 Å². The molecule has 3 aromatic rings. The van der Waals surface area contributed by atoms with Crippen molar-refractivity contribution in [2.45, 2.75) is 50.1 Å². The van der Waals surface area contributed by atoms with Crippen LogP contribution >= 0.6 is 0 Å². The molecule has 7 heteroatoms. The standard InChI is InChI=1S/C29H28F3N3O/c30-29(31,32)22-3-1-4-24(14-22)34-26-25(5-2-10-33-26)27(36)35-23-8-6-21(7-9-23)28-15-18-11-19(16-28)13-20(12-18)17-28/h1-10,14,18-20H,11-13,15-17H2,(H,33,34)(H,35,36). The highest BCUT2D eigenvalue weighted by Crippen LogP contribution is 2.60. The van der Waals surface area contributed by atoms with Gasteiger partial charge in [0.1, 0.15) is 5.82 Å². The normalized spacial score (nSPS) is 26.6. The average molecular weight is 492 g/mol. The molecule has 0 aliphatic heterocycles. The Bertz CT molecular complexity index is 1250. The van der Waals surface area contributed by atoms with Crippen molar-refractivity contribution in [1.82, 2.24) is 4.98 Å². The van der Waals surface area contributed by atoms with Crippen LogP contribution in [0.1, 0.15) is 60.0 Å². The summed E-state index contributed by atoms with van der Waals surface area (Å²) >= 11 is 0. The van der Waals surface area contributed by atoms with Gasteiger partial charge in [0.15, 0.2) is 0 Å². The average Bonchev–Trinajstić information content (AvgIpc) is 2.83. The molecule has 186 valence electrons. The van der Waals surface area contributed by atoms with E-state index < -0.39 is 11.7 Å². The minimum atomic E-state index is -4.45. The van der Waals surface area contributed by atoms with Crippen LogP contribution in [-0.4, -0.2) is 10.9 Å². The Hall–Kier alpha value is -3.35. The minimum Gasteiger partial charge on any atom is -0.340 e. The number of amides is 1. The molecular weight excluding hydrogens is 463 g/mol. The summed E-state index contributed by atoms with van der Waals surface area (Å²) in [5.41, 5.74) is 2.05. The Morgan fingerprint density at radius 1 is 0.861 bits per heavy atom. The number of aromatic nitrogens is 1. The van der Waals surface area contributed by atoms with Crippen molar-refractivity contribution in [2.75, 3.05) is 10.6 Å². The van der Waals surface area contributed by atoms with Crippen molar-refractivity contribution in [1.29, 1.82) is 0 Å². The lowest BCUT2D eigenvalue weighted by molar-refractivity contribution is -0.137. The summed E-state index contributed by atoms with van der Waals surface area (Å²) in [5, 5.41) is 5.79. The largest absolute Gasteiger partial charge is 0.416 e. The van der Waals surface area contributed by atoms with Gasteiger partial charge in [-0.1, -0.05) is 18.2 Å². The first-order chi connectivity index (χ1) is 17.3. The fourth-order valence-electron chi connectivity index (χ4n) is 7.17. The second-order valence-corrected chi connectivity index (χ2v) is 10.8. The second kappa shape index (κ2) is 8.64. The van der Waals surface area contributed by atoms with Crippen molar-refractivity contribution < 1.29 is 18.0 Å². The molecule has 2 aromatic carbocycles. The summed E-state index contributed by atoms with van der Waals surface area (Å²) in [6.45, 7) is 0. The third-order valence-electron chi connectivity index (χ3n) is 8.30. The number of nitrogens with one attached hydrogen (secondary N) is 2. The first-order valence-corrected chi connectivity index (χ1v) is 12.6. The second-order valence-electron chi connectivity index (χ2n) is 10.8. The van der Waals surface area contributed by atoms with Crippen LogP contribution in [0.25, 0.3) is 0 Å². The van der Waals surface area contributed by atoms with Gasteiger partial charge in [-0.25, -0.2) is 4.98 Å². The van der Waals surface area contributed by atoms with E-state index in [0.717, 1.165) is 29.9 Å². The Balaban J connectivity index is 1.18. The van der Waals surface area contributed by atoms with Crippen LogP contribution < -0.4 is 10.6 Å². The lowest BCUT2D eigenvalue weighted by Crippen LogP contribution is -2.48. The SMILES string of the molecule is O=C(Nc1ccc(C23CC4CC(CC(C4)C2)C3)cc1)c1cccnc1Nc1cccc(C(F)(F)F)c1. The first kappa shape index (κ1) is 23.1. The number of halogens is 3. The molecule has 36 heavy (non-hydrogen) atoms. The predicted molar refractivity (Wildman–Crippen MR) is 133 cm³/mol. The Kier molecular flexibility index (Phi) is 5.54. The van der Waals surface area contributed by atoms with Crippen LogP contribution in [0.15, 0.2) is 66.9 Å². The summed E-state index contributed by atoms with van der Waals surface area (Å²) in [6, 6.07) is 16.3. The van der Waals surface area contributed by atoms with Crippen LogP contribution in [0, 0.1) is 17.8 Å². The third kappa shape index (κ3) is 4.36. The number of nitrogens with zero attached hydrogens (tertiary/aromatic N) is 1. The lowest BCUT2D eigenvalue weighted by Gasteiger charge is -2.57. The fraction of sp³-hybridized carbons (Fsp3) is 0.379. The summed E-state index contributed by atoms with van der Waals surface area (Å²) in [4.78, 5) is 17.3. The molecule has 7 rings (SSSR count). The van der Waals surface area contributed by atoms with Crippen molar-refractivity contribution in [3.05, 3.63) is 83.6 Å². The first-order valence-electron chi connectivity index (χ1n) is 12.6. The van der Waals surface area contributed by atoms with E-state index in [1.54, 1.807) is 12.1 Å². The zero-order chi connectivity index (χ0) is 24.9. The van der Waals surface area contributed by atoms with Crippen molar-refractivity contribution >= 4 is 23.1 Å². The molecule has 0 spiro atoms. The summed E-state index contributed by atoms with van der Waals surface area (Å²) in [5.74, 6) is 2.41. The number of carbonyl (C=O) groups is 1. The molecule has 2 N–H and O–H groups in total. The summed E-state index contributed by atoms with van der Waals surface area (Å²) in [7, 11) is 0. The van der Waals surface area contributed by atoms with Crippen LogP contribution in [0.5, 0.6) is 0 Å². The molecule has 0 atom stereocenters. The van der Waals surface area contributed by atoms with E-state index in [0.29, 0.717) is 11.1 Å². The predicted octanol–water partition coefficient (Wildman–Crippen LogP) is 7.56. The summed E-state index contributed by atoms with van der Waals surface area (Å²) < 4.78 is 39.3. The van der Waals surface area contributed by atoms with Gasteiger partial charge in [-0.2, -0.15) is 13.2 Å². The fourth-order valence-corrected chi connectivity index (χ4v) is 7.17. The maximum Gasteiger partial charge on any atom is 0.416 e. The number of hydrogen-bond donors (Lipinski definition) is 2. The monoisotopic (exact) mass is 491 g/mol. The van der Waals surface area contributed by atoms with E-state index in [1.165, 1.54) is 62.4 Å². The zero-order valence-electron chi connectivity index (χ0n) is 19.8. The number of rotatable bonds is 5.